The fraction of sp³-hybridized carbons (Fsp3) is 0.156. The summed E-state index contributed by atoms with van der Waals surface area (Å²) >= 11 is 0. The van der Waals surface area contributed by atoms with E-state index in [2.05, 4.69) is 34.8 Å². The molecule has 0 aliphatic rings. The lowest BCUT2D eigenvalue weighted by Gasteiger charge is -2.44. The minimum absolute atomic E-state index is 1.15. The second kappa shape index (κ2) is 15.5. The van der Waals surface area contributed by atoms with E-state index in [0.29, 0.717) is 0 Å². The summed E-state index contributed by atoms with van der Waals surface area (Å²) < 4.78 is 298. The number of hydrogen-bond donors (Lipinski definition) is 0. The van der Waals surface area contributed by atoms with Gasteiger partial charge in [-0.3, -0.25) is 0 Å². The molecule has 0 fully saturated rings. The largest absolute Gasteiger partial charge is 0.243 e. The molecule has 5 aromatic rings. The first-order valence-corrected chi connectivity index (χ1v) is 14.8. The van der Waals surface area contributed by atoms with Crippen LogP contribution in [0.25, 0.3) is 0 Å². The number of unbranched alkanes of at least 4 members (excludes halogenated alkanes) is 1. The average Bonchev–Trinajstić information content (AvgIpc) is 3.58. The molecule has 4 aromatic carbocycles. The molecule has 1 heterocycles. The highest BCUT2D eigenvalue weighted by Gasteiger charge is 2.52. The van der Waals surface area contributed by atoms with Gasteiger partial charge in [-0.25, -0.2) is 96.9 Å². The van der Waals surface area contributed by atoms with Crippen LogP contribution in [0.3, 0.4) is 0 Å². The molecule has 2 nitrogen and oxygen atoms in total. The Morgan fingerprint density at radius 1 is 0.400 bits per heavy atom. The third kappa shape index (κ3) is 6.53. The number of rotatable bonds is 7. The zero-order chi connectivity index (χ0) is 41.8. The van der Waals surface area contributed by atoms with Crippen molar-refractivity contribution in [3.05, 3.63) is 135 Å². The SMILES string of the molecule is CCCCn1cc[n+](C)c1.Fc1c(F)c(F)c([B-](c2c(F)c(F)c(F)c(F)c2F)(c2c(F)c(F)c(F)c(F)c2F)c2c(F)c(F)c(F)c(F)c2F)c(F)c1F. The third-order valence-electron chi connectivity index (χ3n) is 8.30. The maximum absolute atomic E-state index is 15.4. The number of aryl methyl sites for hydroxylation is 2. The van der Waals surface area contributed by atoms with Crippen LogP contribution in [-0.4, -0.2) is 10.7 Å². The van der Waals surface area contributed by atoms with Crippen molar-refractivity contribution in [1.29, 1.82) is 0 Å². The van der Waals surface area contributed by atoms with E-state index in [0.717, 1.165) is 6.54 Å². The van der Waals surface area contributed by atoms with Crippen LogP contribution >= 0.6 is 0 Å². The van der Waals surface area contributed by atoms with Crippen LogP contribution < -0.4 is 26.4 Å². The molecule has 0 radical (unpaired) electrons. The Hall–Kier alpha value is -5.25. The highest BCUT2D eigenvalue weighted by Crippen LogP contribution is 2.30. The van der Waals surface area contributed by atoms with Crippen molar-refractivity contribution in [3.63, 3.8) is 0 Å². The molecular formula is C32H15BF20N2. The Morgan fingerprint density at radius 2 is 0.618 bits per heavy atom. The molecule has 23 heteroatoms. The normalized spacial score (nSPS) is 11.7. The van der Waals surface area contributed by atoms with Crippen molar-refractivity contribution in [1.82, 2.24) is 4.57 Å². The maximum atomic E-state index is 15.4. The maximum Gasteiger partial charge on any atom is 0.243 e. The number of halogens is 20. The molecule has 0 saturated heterocycles. The van der Waals surface area contributed by atoms with Gasteiger partial charge in [0.25, 0.3) is 0 Å². The van der Waals surface area contributed by atoms with Gasteiger partial charge >= 0.3 is 0 Å². The number of nitrogens with zero attached hydrogens (tertiary/aromatic N) is 2. The van der Waals surface area contributed by atoms with Gasteiger partial charge in [-0.05, 0) is 6.42 Å². The van der Waals surface area contributed by atoms with Gasteiger partial charge in [0.2, 0.25) is 6.33 Å². The zero-order valence-corrected chi connectivity index (χ0v) is 26.9. The summed E-state index contributed by atoms with van der Waals surface area (Å²) in [6, 6.07) is 0. The third-order valence-corrected chi connectivity index (χ3v) is 8.30. The van der Waals surface area contributed by atoms with E-state index in [1.165, 1.54) is 12.8 Å². The second-order valence-corrected chi connectivity index (χ2v) is 11.5. The van der Waals surface area contributed by atoms with Crippen molar-refractivity contribution in [2.24, 2.45) is 7.05 Å². The van der Waals surface area contributed by atoms with Crippen LogP contribution in [-0.2, 0) is 13.6 Å². The van der Waals surface area contributed by atoms with Gasteiger partial charge in [0, 0.05) is 0 Å². The second-order valence-electron chi connectivity index (χ2n) is 11.5. The Balaban J connectivity index is 0.000000583. The first-order valence-electron chi connectivity index (χ1n) is 14.8. The lowest BCUT2D eigenvalue weighted by Crippen LogP contribution is -2.81. The van der Waals surface area contributed by atoms with Crippen LogP contribution in [0.2, 0.25) is 0 Å². The van der Waals surface area contributed by atoms with Crippen LogP contribution in [0, 0.1) is 116 Å². The monoisotopic (exact) mass is 818 g/mol. The van der Waals surface area contributed by atoms with Gasteiger partial charge in [-0.15, -0.1) is 21.9 Å². The summed E-state index contributed by atoms with van der Waals surface area (Å²) in [5.41, 5.74) is -14.3. The summed E-state index contributed by atoms with van der Waals surface area (Å²) in [7, 11) is 2.04. The van der Waals surface area contributed by atoms with Crippen molar-refractivity contribution in [2.75, 3.05) is 0 Å². The molecule has 0 saturated carbocycles. The molecule has 0 amide bonds. The summed E-state index contributed by atoms with van der Waals surface area (Å²) in [5.74, 6) is -71.4. The minimum Gasteiger partial charge on any atom is -0.240 e. The number of hydrogen-bond acceptors (Lipinski definition) is 0. The summed E-state index contributed by atoms with van der Waals surface area (Å²) in [6.45, 7) is 3.36. The van der Waals surface area contributed by atoms with Crippen LogP contribution in [0.4, 0.5) is 87.8 Å². The van der Waals surface area contributed by atoms with Gasteiger partial charge in [0.1, 0.15) is 65.1 Å². The van der Waals surface area contributed by atoms with E-state index in [1.54, 1.807) is 0 Å². The van der Waals surface area contributed by atoms with E-state index in [9.17, 15) is 52.7 Å². The summed E-state index contributed by atoms with van der Waals surface area (Å²) in [6.07, 6.45) is 1.60. The predicted molar refractivity (Wildman–Crippen MR) is 150 cm³/mol. The smallest absolute Gasteiger partial charge is 0.240 e. The van der Waals surface area contributed by atoms with Crippen molar-refractivity contribution >= 4 is 28.0 Å². The van der Waals surface area contributed by atoms with Gasteiger partial charge in [-0.1, -0.05) is 13.3 Å². The molecule has 296 valence electrons. The Labute approximate surface area is 293 Å². The zero-order valence-electron chi connectivity index (χ0n) is 26.9. The molecule has 0 unspecified atom stereocenters. The molecule has 55 heavy (non-hydrogen) atoms. The molecule has 0 spiro atoms. The van der Waals surface area contributed by atoms with E-state index < -0.39 is 144 Å². The topological polar surface area (TPSA) is 8.81 Å². The van der Waals surface area contributed by atoms with E-state index in [4.69, 9.17) is 0 Å². The molecule has 5 rings (SSSR count). The van der Waals surface area contributed by atoms with Gasteiger partial charge < -0.3 is 0 Å². The molecule has 0 aliphatic carbocycles. The highest BCUT2D eigenvalue weighted by atomic mass is 19.2. The fourth-order valence-corrected chi connectivity index (χ4v) is 5.85. The van der Waals surface area contributed by atoms with E-state index in [-0.39, 0.29) is 0 Å². The Kier molecular flexibility index (Phi) is 12.0. The van der Waals surface area contributed by atoms with Gasteiger partial charge in [-0.2, -0.15) is 0 Å². The summed E-state index contributed by atoms with van der Waals surface area (Å²) in [4.78, 5) is 0. The number of imidazole rings is 1. The first kappa shape index (κ1) is 42.5. The van der Waals surface area contributed by atoms with Gasteiger partial charge in [0.05, 0.1) is 13.6 Å². The first-order chi connectivity index (χ1) is 25.5. The van der Waals surface area contributed by atoms with E-state index in [1.807, 2.05) is 7.05 Å². The van der Waals surface area contributed by atoms with Crippen LogP contribution in [0.1, 0.15) is 19.8 Å². The molecule has 0 bridgehead atoms. The average molecular weight is 818 g/mol. The molecule has 1 aromatic heterocycles. The lowest BCUT2D eigenvalue weighted by atomic mass is 9.12. The van der Waals surface area contributed by atoms with Crippen molar-refractivity contribution in [3.8, 4) is 0 Å². The number of benzene rings is 4. The van der Waals surface area contributed by atoms with Crippen LogP contribution in [0.15, 0.2) is 18.7 Å². The fourth-order valence-electron chi connectivity index (χ4n) is 5.85. The molecule has 0 atom stereocenters. The molecular weight excluding hydrogens is 803 g/mol. The van der Waals surface area contributed by atoms with Crippen LogP contribution in [0.5, 0.6) is 0 Å². The molecule has 0 N–H and O–H groups in total. The quantitative estimate of drug-likeness (QED) is 0.0553. The minimum atomic E-state index is -7.22. The number of aromatic nitrogens is 2. The Morgan fingerprint density at radius 3 is 0.800 bits per heavy atom. The molecule has 0 aliphatic heterocycles. The summed E-state index contributed by atoms with van der Waals surface area (Å²) in [5, 5.41) is 0. The lowest BCUT2D eigenvalue weighted by molar-refractivity contribution is -0.671. The predicted octanol–water partition coefficient (Wildman–Crippen LogP) is 6.96. The highest BCUT2D eigenvalue weighted by molar-refractivity contribution is 7.20. The van der Waals surface area contributed by atoms with Crippen molar-refractivity contribution < 1.29 is 92.4 Å². The standard InChI is InChI=1S/C24BF20.C8H15N2/c26-5-1(6(27)14(35)21(42)13(5)34)25(2-7(28)15(36)22(43)16(37)8(2)29,3-9(30)17(38)23(44)18(39)10(3)31)4-11(32)19(40)24(45)20(41)12(4)33;1-3-4-5-10-7-6-9(2)8-10/h;6-8H,3-5H2,1-2H3/q-1;+1. The van der Waals surface area contributed by atoms with Crippen molar-refractivity contribution in [2.45, 2.75) is 26.3 Å². The van der Waals surface area contributed by atoms with E-state index >= 15 is 35.1 Å². The van der Waals surface area contributed by atoms with Gasteiger partial charge in [0.15, 0.2) is 69.8 Å². The Bertz CT molecular complexity index is 1960.